The highest BCUT2D eigenvalue weighted by Crippen LogP contribution is 2.27. The molecule has 1 aliphatic rings. The van der Waals surface area contributed by atoms with Crippen molar-refractivity contribution in [2.24, 2.45) is 0 Å². The zero-order chi connectivity index (χ0) is 16.9. The Labute approximate surface area is 142 Å². The highest BCUT2D eigenvalue weighted by molar-refractivity contribution is 5.93. The summed E-state index contributed by atoms with van der Waals surface area (Å²) in [5.41, 5.74) is 2.66. The van der Waals surface area contributed by atoms with E-state index < -0.39 is 0 Å². The molecule has 24 heavy (non-hydrogen) atoms. The minimum atomic E-state index is -0.0663. The van der Waals surface area contributed by atoms with Gasteiger partial charge in [-0.15, -0.1) is 0 Å². The van der Waals surface area contributed by atoms with Crippen LogP contribution in [0.25, 0.3) is 0 Å². The normalized spacial score (nSPS) is 17.2. The van der Waals surface area contributed by atoms with E-state index >= 15 is 0 Å². The third-order valence-corrected chi connectivity index (χ3v) is 4.10. The van der Waals surface area contributed by atoms with Crippen LogP contribution in [-0.4, -0.2) is 35.3 Å². The lowest BCUT2D eigenvalue weighted by atomic mass is 10.0. The SMILES string of the molecule is CC(C)Oc1ccccc1CC(=O)Nc1cn[nH]c1C1CCNC1. The van der Waals surface area contributed by atoms with E-state index in [1.54, 1.807) is 6.20 Å². The van der Waals surface area contributed by atoms with Gasteiger partial charge in [-0.2, -0.15) is 5.10 Å². The first-order chi connectivity index (χ1) is 11.6. The fourth-order valence-corrected chi connectivity index (χ4v) is 2.99. The van der Waals surface area contributed by atoms with Gasteiger partial charge in [0.05, 0.1) is 30.1 Å². The number of amides is 1. The van der Waals surface area contributed by atoms with E-state index in [0.29, 0.717) is 5.92 Å². The summed E-state index contributed by atoms with van der Waals surface area (Å²) in [4.78, 5) is 12.5. The first-order valence-electron chi connectivity index (χ1n) is 8.42. The fourth-order valence-electron chi connectivity index (χ4n) is 2.99. The summed E-state index contributed by atoms with van der Waals surface area (Å²) in [6, 6.07) is 7.66. The lowest BCUT2D eigenvalue weighted by Gasteiger charge is -2.14. The number of rotatable bonds is 6. The standard InChI is InChI=1S/C18H24N4O2/c1-12(2)24-16-6-4-3-5-13(16)9-17(23)21-15-11-20-22-18(15)14-7-8-19-10-14/h3-6,11-12,14,19H,7-10H2,1-2H3,(H,20,22)(H,21,23). The van der Waals surface area contributed by atoms with Crippen molar-refractivity contribution in [1.82, 2.24) is 15.5 Å². The first kappa shape index (κ1) is 16.5. The van der Waals surface area contributed by atoms with Crippen LogP contribution in [0.15, 0.2) is 30.5 Å². The monoisotopic (exact) mass is 328 g/mol. The van der Waals surface area contributed by atoms with Gasteiger partial charge in [-0.25, -0.2) is 0 Å². The molecule has 0 radical (unpaired) electrons. The molecule has 1 fully saturated rings. The van der Waals surface area contributed by atoms with Crippen LogP contribution in [0.4, 0.5) is 5.69 Å². The van der Waals surface area contributed by atoms with Crippen LogP contribution < -0.4 is 15.4 Å². The highest BCUT2D eigenvalue weighted by atomic mass is 16.5. The second-order valence-corrected chi connectivity index (χ2v) is 6.39. The van der Waals surface area contributed by atoms with Crippen LogP contribution in [-0.2, 0) is 11.2 Å². The fraction of sp³-hybridized carbons (Fsp3) is 0.444. The Morgan fingerprint density at radius 1 is 1.42 bits per heavy atom. The number of H-pyrrole nitrogens is 1. The lowest BCUT2D eigenvalue weighted by Crippen LogP contribution is -2.17. The Hall–Kier alpha value is -2.34. The van der Waals surface area contributed by atoms with E-state index in [0.717, 1.165) is 42.2 Å². The summed E-state index contributed by atoms with van der Waals surface area (Å²) >= 11 is 0. The molecule has 2 aromatic rings. The summed E-state index contributed by atoms with van der Waals surface area (Å²) in [5, 5.41) is 13.4. The Morgan fingerprint density at radius 3 is 3.00 bits per heavy atom. The number of hydrogen-bond donors (Lipinski definition) is 3. The van der Waals surface area contributed by atoms with Gasteiger partial charge in [0.15, 0.2) is 0 Å². The Morgan fingerprint density at radius 2 is 2.25 bits per heavy atom. The minimum absolute atomic E-state index is 0.0663. The average molecular weight is 328 g/mol. The number of carbonyl (C=O) groups is 1. The molecule has 3 N–H and O–H groups in total. The molecule has 2 heterocycles. The predicted octanol–water partition coefficient (Wildman–Crippen LogP) is 2.46. The van der Waals surface area contributed by atoms with Gasteiger partial charge in [0.2, 0.25) is 5.91 Å². The molecule has 1 aliphatic heterocycles. The van der Waals surface area contributed by atoms with Crippen molar-refractivity contribution < 1.29 is 9.53 Å². The Balaban J connectivity index is 1.67. The smallest absolute Gasteiger partial charge is 0.229 e. The van der Waals surface area contributed by atoms with Crippen molar-refractivity contribution in [3.05, 3.63) is 41.7 Å². The third-order valence-electron chi connectivity index (χ3n) is 4.10. The molecular weight excluding hydrogens is 304 g/mol. The number of aromatic amines is 1. The predicted molar refractivity (Wildman–Crippen MR) is 93.4 cm³/mol. The van der Waals surface area contributed by atoms with Gasteiger partial charge < -0.3 is 15.4 Å². The number of ether oxygens (including phenoxy) is 1. The lowest BCUT2D eigenvalue weighted by molar-refractivity contribution is -0.115. The maximum absolute atomic E-state index is 12.5. The largest absolute Gasteiger partial charge is 0.491 e. The van der Waals surface area contributed by atoms with Gasteiger partial charge in [0.25, 0.3) is 0 Å². The van der Waals surface area contributed by atoms with Crippen molar-refractivity contribution in [2.75, 3.05) is 18.4 Å². The molecule has 0 bridgehead atoms. The van der Waals surface area contributed by atoms with Gasteiger partial charge >= 0.3 is 0 Å². The molecule has 0 spiro atoms. The molecule has 1 aromatic heterocycles. The summed E-state index contributed by atoms with van der Waals surface area (Å²) in [7, 11) is 0. The van der Waals surface area contributed by atoms with Crippen molar-refractivity contribution in [3.63, 3.8) is 0 Å². The van der Waals surface area contributed by atoms with Crippen molar-refractivity contribution in [1.29, 1.82) is 0 Å². The molecule has 0 aliphatic carbocycles. The van der Waals surface area contributed by atoms with E-state index in [4.69, 9.17) is 4.74 Å². The molecule has 0 saturated carbocycles. The van der Waals surface area contributed by atoms with E-state index in [1.165, 1.54) is 0 Å². The molecule has 1 saturated heterocycles. The molecule has 1 unspecified atom stereocenters. The van der Waals surface area contributed by atoms with Crippen LogP contribution in [0.5, 0.6) is 5.75 Å². The maximum atomic E-state index is 12.5. The second kappa shape index (κ2) is 7.49. The number of nitrogens with one attached hydrogen (secondary N) is 3. The molecule has 1 amide bonds. The summed E-state index contributed by atoms with van der Waals surface area (Å²) < 4.78 is 5.78. The van der Waals surface area contributed by atoms with Gasteiger partial charge in [0, 0.05) is 18.0 Å². The molecule has 3 rings (SSSR count). The Kier molecular flexibility index (Phi) is 5.15. The number of anilines is 1. The van der Waals surface area contributed by atoms with Crippen molar-refractivity contribution in [2.45, 2.75) is 38.7 Å². The molecule has 1 aromatic carbocycles. The van der Waals surface area contributed by atoms with E-state index in [9.17, 15) is 4.79 Å². The van der Waals surface area contributed by atoms with Crippen LogP contribution >= 0.6 is 0 Å². The van der Waals surface area contributed by atoms with Gasteiger partial charge in [0.1, 0.15) is 5.75 Å². The number of hydrogen-bond acceptors (Lipinski definition) is 4. The molecular formula is C18H24N4O2. The number of aromatic nitrogens is 2. The quantitative estimate of drug-likeness (QED) is 0.761. The summed E-state index contributed by atoms with van der Waals surface area (Å²) in [6.45, 7) is 5.86. The third kappa shape index (κ3) is 3.94. The second-order valence-electron chi connectivity index (χ2n) is 6.39. The number of carbonyl (C=O) groups excluding carboxylic acids is 1. The Bertz CT molecular complexity index is 690. The van der Waals surface area contributed by atoms with Crippen LogP contribution in [0.2, 0.25) is 0 Å². The number of nitrogens with zero attached hydrogens (tertiary/aromatic N) is 1. The van der Waals surface area contributed by atoms with E-state index in [1.807, 2.05) is 38.1 Å². The van der Waals surface area contributed by atoms with Gasteiger partial charge in [-0.05, 0) is 32.9 Å². The average Bonchev–Trinajstić information content (AvgIpc) is 3.19. The van der Waals surface area contributed by atoms with Crippen molar-refractivity contribution in [3.8, 4) is 5.75 Å². The summed E-state index contributed by atoms with van der Waals surface area (Å²) in [6.07, 6.45) is 3.08. The van der Waals surface area contributed by atoms with Gasteiger partial charge in [-0.1, -0.05) is 18.2 Å². The van der Waals surface area contributed by atoms with Crippen molar-refractivity contribution >= 4 is 11.6 Å². The van der Waals surface area contributed by atoms with Crippen LogP contribution in [0, 0.1) is 0 Å². The zero-order valence-corrected chi connectivity index (χ0v) is 14.1. The van der Waals surface area contributed by atoms with E-state index in [-0.39, 0.29) is 18.4 Å². The number of benzene rings is 1. The van der Waals surface area contributed by atoms with Crippen LogP contribution in [0.1, 0.15) is 37.4 Å². The van der Waals surface area contributed by atoms with Crippen LogP contribution in [0.3, 0.4) is 0 Å². The minimum Gasteiger partial charge on any atom is -0.491 e. The first-order valence-corrected chi connectivity index (χ1v) is 8.42. The van der Waals surface area contributed by atoms with E-state index in [2.05, 4.69) is 20.8 Å². The maximum Gasteiger partial charge on any atom is 0.229 e. The number of para-hydroxylation sites is 1. The summed E-state index contributed by atoms with van der Waals surface area (Å²) in [5.74, 6) is 1.07. The molecule has 1 atom stereocenters. The topological polar surface area (TPSA) is 79.0 Å². The molecule has 128 valence electrons. The molecule has 6 heteroatoms. The van der Waals surface area contributed by atoms with Gasteiger partial charge in [-0.3, -0.25) is 9.89 Å². The zero-order valence-electron chi connectivity index (χ0n) is 14.1. The highest BCUT2D eigenvalue weighted by Gasteiger charge is 2.22. The molecule has 6 nitrogen and oxygen atoms in total.